The van der Waals surface area contributed by atoms with Crippen LogP contribution in [0.3, 0.4) is 0 Å². The van der Waals surface area contributed by atoms with E-state index in [1.165, 1.54) is 0 Å². The van der Waals surface area contributed by atoms with E-state index >= 15 is 0 Å². The maximum atomic E-state index is 10.9. The minimum atomic E-state index is -4.39. The topological polar surface area (TPSA) is 156 Å². The van der Waals surface area contributed by atoms with Crippen LogP contribution in [0, 0.1) is 0 Å². The Morgan fingerprint density at radius 3 is 2.48 bits per heavy atom. The molecule has 0 aliphatic carbocycles. The molecule has 0 saturated carbocycles. The van der Waals surface area contributed by atoms with Crippen molar-refractivity contribution in [2.24, 2.45) is 5.73 Å². The summed E-state index contributed by atoms with van der Waals surface area (Å²) in [4.78, 5) is 28.5. The summed E-state index contributed by atoms with van der Waals surface area (Å²) in [6.07, 6.45) is -1.000. The average Bonchev–Trinajstić information content (AvgIpc) is 2.68. The van der Waals surface area contributed by atoms with E-state index in [0.29, 0.717) is 11.3 Å². The molecular formula is C11H19N2O7P. The summed E-state index contributed by atoms with van der Waals surface area (Å²) in [5.41, 5.74) is 5.29. The first-order chi connectivity index (χ1) is 9.42. The lowest BCUT2D eigenvalue weighted by Crippen LogP contribution is -2.33. The van der Waals surface area contributed by atoms with Crippen molar-refractivity contribution in [2.75, 3.05) is 6.35 Å². The number of aromatic nitrogens is 1. The lowest BCUT2D eigenvalue weighted by Gasteiger charge is -2.17. The molecule has 1 aromatic rings. The zero-order chi connectivity index (χ0) is 16.4. The van der Waals surface area contributed by atoms with E-state index in [0.717, 1.165) is 0 Å². The van der Waals surface area contributed by atoms with E-state index in [-0.39, 0.29) is 12.3 Å². The lowest BCUT2D eigenvalue weighted by molar-refractivity contribution is -0.138. The first-order valence-electron chi connectivity index (χ1n) is 6.06. The fourth-order valence-corrected chi connectivity index (χ4v) is 1.92. The molecule has 0 radical (unpaired) electrons. The van der Waals surface area contributed by atoms with Crippen LogP contribution in [-0.4, -0.2) is 38.4 Å². The van der Waals surface area contributed by atoms with Gasteiger partial charge in [0.25, 0.3) is 5.88 Å². The second-order valence-electron chi connectivity index (χ2n) is 5.63. The highest BCUT2D eigenvalue weighted by Crippen LogP contribution is 2.37. The van der Waals surface area contributed by atoms with Crippen LogP contribution in [0.4, 0.5) is 0 Å². The zero-order valence-electron chi connectivity index (χ0n) is 11.9. The largest absolute Gasteiger partial charge is 0.480 e. The second kappa shape index (κ2) is 6.15. The van der Waals surface area contributed by atoms with E-state index < -0.39 is 31.4 Å². The molecule has 0 bridgehead atoms. The summed E-state index contributed by atoms with van der Waals surface area (Å²) in [5.74, 6) is -1.00. The smallest absolute Gasteiger partial charge is 0.362 e. The van der Waals surface area contributed by atoms with E-state index in [1.54, 1.807) is 0 Å². The second-order valence-corrected chi connectivity index (χ2v) is 7.22. The maximum absolute atomic E-state index is 10.9. The van der Waals surface area contributed by atoms with E-state index in [9.17, 15) is 9.36 Å². The third kappa shape index (κ3) is 5.13. The summed E-state index contributed by atoms with van der Waals surface area (Å²) in [6.45, 7) is 5.45. The Morgan fingerprint density at radius 2 is 2.05 bits per heavy atom. The van der Waals surface area contributed by atoms with Gasteiger partial charge in [-0.1, -0.05) is 20.8 Å². The number of rotatable bonds is 6. The number of carboxylic acids is 1. The molecule has 0 aliphatic rings. The van der Waals surface area contributed by atoms with Gasteiger partial charge in [0.15, 0.2) is 6.35 Å². The summed E-state index contributed by atoms with van der Waals surface area (Å²) in [6, 6.07) is -1.21. The Labute approximate surface area is 121 Å². The van der Waals surface area contributed by atoms with Gasteiger partial charge in [-0.05, 0) is 5.16 Å². The fourth-order valence-electron chi connectivity index (χ4n) is 1.63. The number of ether oxygens (including phenoxy) is 1. The SMILES string of the molecule is CC(C)(C)c1onc(OCP(=O)(O)O)c1C[C@H](N)C(=O)O. The van der Waals surface area contributed by atoms with Crippen molar-refractivity contribution in [3.63, 3.8) is 0 Å². The molecule has 1 heterocycles. The highest BCUT2D eigenvalue weighted by molar-refractivity contribution is 7.51. The minimum Gasteiger partial charge on any atom is -0.480 e. The molecule has 0 aliphatic heterocycles. The molecule has 0 aromatic carbocycles. The van der Waals surface area contributed by atoms with Crippen LogP contribution < -0.4 is 10.5 Å². The molecule has 0 amide bonds. The van der Waals surface area contributed by atoms with Gasteiger partial charge in [-0.15, -0.1) is 0 Å². The van der Waals surface area contributed by atoms with Crippen LogP contribution >= 0.6 is 7.60 Å². The third-order valence-corrected chi connectivity index (χ3v) is 3.01. The van der Waals surface area contributed by atoms with Crippen molar-refractivity contribution in [3.8, 4) is 5.88 Å². The normalized spacial score (nSPS) is 14.0. The molecule has 0 saturated heterocycles. The molecule has 9 nitrogen and oxygen atoms in total. The monoisotopic (exact) mass is 322 g/mol. The van der Waals surface area contributed by atoms with E-state index in [2.05, 4.69) is 5.16 Å². The molecule has 10 heteroatoms. The van der Waals surface area contributed by atoms with Crippen molar-refractivity contribution in [1.82, 2.24) is 5.16 Å². The van der Waals surface area contributed by atoms with Crippen molar-refractivity contribution >= 4 is 13.6 Å². The molecule has 5 N–H and O–H groups in total. The number of hydrogen-bond acceptors (Lipinski definition) is 6. The Balaban J connectivity index is 3.11. The van der Waals surface area contributed by atoms with Crippen molar-refractivity contribution in [3.05, 3.63) is 11.3 Å². The molecule has 1 atom stereocenters. The van der Waals surface area contributed by atoms with Crippen LogP contribution in [-0.2, 0) is 21.2 Å². The third-order valence-electron chi connectivity index (χ3n) is 2.54. The number of nitrogens with zero attached hydrogens (tertiary/aromatic N) is 1. The number of aliphatic carboxylic acids is 1. The predicted molar refractivity (Wildman–Crippen MR) is 72.1 cm³/mol. The summed E-state index contributed by atoms with van der Waals surface area (Å²) in [7, 11) is -4.39. The first kappa shape index (κ1) is 17.6. The molecule has 1 aromatic heterocycles. The minimum absolute atomic E-state index is 0.123. The zero-order valence-corrected chi connectivity index (χ0v) is 12.8. The van der Waals surface area contributed by atoms with Gasteiger partial charge in [0.2, 0.25) is 0 Å². The molecule has 0 spiro atoms. The van der Waals surface area contributed by atoms with Crippen LogP contribution in [0.5, 0.6) is 5.88 Å². The Hall–Kier alpha value is -1.41. The average molecular weight is 322 g/mol. The Bertz CT molecular complexity index is 557. The van der Waals surface area contributed by atoms with Crippen molar-refractivity contribution in [2.45, 2.75) is 38.6 Å². The Kier molecular flexibility index (Phi) is 5.16. The molecule has 120 valence electrons. The van der Waals surface area contributed by atoms with Crippen molar-refractivity contribution < 1.29 is 33.5 Å². The van der Waals surface area contributed by atoms with E-state index in [4.69, 9.17) is 29.9 Å². The van der Waals surface area contributed by atoms with Crippen LogP contribution in [0.15, 0.2) is 4.52 Å². The van der Waals surface area contributed by atoms with Gasteiger partial charge in [-0.2, -0.15) is 0 Å². The van der Waals surface area contributed by atoms with Gasteiger partial charge in [0.1, 0.15) is 11.8 Å². The predicted octanol–water partition coefficient (Wildman–Crippen LogP) is 0.440. The number of carbonyl (C=O) groups is 1. The Morgan fingerprint density at radius 1 is 1.48 bits per heavy atom. The van der Waals surface area contributed by atoms with Gasteiger partial charge >= 0.3 is 13.6 Å². The molecule has 0 unspecified atom stereocenters. The summed E-state index contributed by atoms with van der Waals surface area (Å²) < 4.78 is 20.9. The lowest BCUT2D eigenvalue weighted by atomic mass is 9.88. The highest BCUT2D eigenvalue weighted by Gasteiger charge is 2.30. The van der Waals surface area contributed by atoms with Gasteiger partial charge in [-0.3, -0.25) is 9.36 Å². The molecular weight excluding hydrogens is 303 g/mol. The van der Waals surface area contributed by atoms with Crippen LogP contribution in [0.25, 0.3) is 0 Å². The number of carboxylic acid groups (broad SMARTS) is 1. The van der Waals surface area contributed by atoms with Crippen LogP contribution in [0.2, 0.25) is 0 Å². The van der Waals surface area contributed by atoms with Gasteiger partial charge in [-0.25, -0.2) is 0 Å². The first-order valence-corrected chi connectivity index (χ1v) is 7.86. The van der Waals surface area contributed by atoms with Crippen molar-refractivity contribution in [1.29, 1.82) is 0 Å². The number of hydrogen-bond donors (Lipinski definition) is 4. The summed E-state index contributed by atoms with van der Waals surface area (Å²) >= 11 is 0. The summed E-state index contributed by atoms with van der Waals surface area (Å²) in [5, 5.41) is 12.5. The van der Waals surface area contributed by atoms with Gasteiger partial charge < -0.3 is 29.9 Å². The highest BCUT2D eigenvalue weighted by atomic mass is 31.2. The van der Waals surface area contributed by atoms with Crippen LogP contribution in [0.1, 0.15) is 32.1 Å². The number of nitrogens with two attached hydrogens (primary N) is 1. The fraction of sp³-hybridized carbons (Fsp3) is 0.636. The molecule has 0 fully saturated rings. The maximum Gasteiger partial charge on any atom is 0.362 e. The standard InChI is InChI=1S/C11H19N2O7P/c1-11(2,3)8-6(4-7(12)10(14)15)9(13-20-8)19-5-21(16,17)18/h7H,4-5,12H2,1-3H3,(H,14,15)(H2,16,17,18)/t7-/m0/s1. The van der Waals surface area contributed by atoms with Gasteiger partial charge in [0, 0.05) is 11.8 Å². The molecule has 21 heavy (non-hydrogen) atoms. The molecule has 1 rings (SSSR count). The van der Waals surface area contributed by atoms with E-state index in [1.807, 2.05) is 20.8 Å². The quantitative estimate of drug-likeness (QED) is 0.545. The van der Waals surface area contributed by atoms with Gasteiger partial charge in [0.05, 0.1) is 5.56 Å².